The highest BCUT2D eigenvalue weighted by atomic mass is 15.4. The summed E-state index contributed by atoms with van der Waals surface area (Å²) in [7, 11) is 1.99. The van der Waals surface area contributed by atoms with E-state index in [1.807, 2.05) is 30.5 Å². The van der Waals surface area contributed by atoms with Crippen molar-refractivity contribution in [2.24, 2.45) is 10.8 Å². The van der Waals surface area contributed by atoms with Gasteiger partial charge in [0.15, 0.2) is 0 Å². The predicted molar refractivity (Wildman–Crippen MR) is 134 cm³/mol. The van der Waals surface area contributed by atoms with Gasteiger partial charge in [-0.1, -0.05) is 54.6 Å². The predicted octanol–water partition coefficient (Wildman–Crippen LogP) is 5.32. The standard InChI is InChI=1S/C28H27N5/c1-33-18-22(16-31-33)25-15-21-14-24(19-6-3-2-4-7-19)27(32-26(21)17-30-25)20-8-10-23(11-9-20)28(29)12-5-13-28/h2-4,6-11,14-17,22H,5,12-13,18,29H2,1H3. The summed E-state index contributed by atoms with van der Waals surface area (Å²) in [6, 6.07) is 23.6. The van der Waals surface area contributed by atoms with Crippen molar-refractivity contribution in [2.45, 2.75) is 30.7 Å². The molecule has 1 aliphatic heterocycles. The van der Waals surface area contributed by atoms with E-state index in [0.29, 0.717) is 0 Å². The van der Waals surface area contributed by atoms with E-state index in [9.17, 15) is 0 Å². The Morgan fingerprint density at radius 2 is 1.76 bits per heavy atom. The van der Waals surface area contributed by atoms with Crippen LogP contribution in [0.15, 0.2) is 78.0 Å². The average Bonchev–Trinajstić information content (AvgIpc) is 3.28. The zero-order chi connectivity index (χ0) is 22.4. The molecule has 1 atom stereocenters. The average molecular weight is 434 g/mol. The van der Waals surface area contributed by atoms with Crippen LogP contribution in [0.25, 0.3) is 33.3 Å². The van der Waals surface area contributed by atoms with Crippen LogP contribution in [0.2, 0.25) is 0 Å². The van der Waals surface area contributed by atoms with Gasteiger partial charge in [-0.3, -0.25) is 9.99 Å². The van der Waals surface area contributed by atoms with Gasteiger partial charge in [-0.15, -0.1) is 0 Å². The van der Waals surface area contributed by atoms with Crippen LogP contribution in [0.5, 0.6) is 0 Å². The molecule has 1 unspecified atom stereocenters. The second-order valence-corrected chi connectivity index (χ2v) is 9.35. The molecule has 0 radical (unpaired) electrons. The second kappa shape index (κ2) is 7.78. The first kappa shape index (κ1) is 20.1. The van der Waals surface area contributed by atoms with Gasteiger partial charge in [-0.25, -0.2) is 4.98 Å². The van der Waals surface area contributed by atoms with Crippen LogP contribution in [0.1, 0.15) is 36.4 Å². The van der Waals surface area contributed by atoms with Crippen LogP contribution in [-0.2, 0) is 5.54 Å². The van der Waals surface area contributed by atoms with Gasteiger partial charge in [0.2, 0.25) is 0 Å². The van der Waals surface area contributed by atoms with Gasteiger partial charge in [0, 0.05) is 41.9 Å². The van der Waals surface area contributed by atoms with E-state index < -0.39 is 0 Å². The largest absolute Gasteiger partial charge is 0.321 e. The molecular weight excluding hydrogens is 406 g/mol. The van der Waals surface area contributed by atoms with E-state index in [1.54, 1.807) is 0 Å². The maximum absolute atomic E-state index is 6.55. The fourth-order valence-electron chi connectivity index (χ4n) is 4.90. The highest BCUT2D eigenvalue weighted by Crippen LogP contribution is 2.40. The molecule has 2 N–H and O–H groups in total. The van der Waals surface area contributed by atoms with E-state index in [0.717, 1.165) is 58.4 Å². The molecule has 0 spiro atoms. The smallest absolute Gasteiger partial charge is 0.0893 e. The topological polar surface area (TPSA) is 67.4 Å². The van der Waals surface area contributed by atoms with E-state index in [4.69, 9.17) is 15.7 Å². The Balaban J connectivity index is 1.46. The van der Waals surface area contributed by atoms with Gasteiger partial charge < -0.3 is 5.73 Å². The quantitative estimate of drug-likeness (QED) is 0.473. The monoisotopic (exact) mass is 433 g/mol. The van der Waals surface area contributed by atoms with Gasteiger partial charge in [0.25, 0.3) is 0 Å². The van der Waals surface area contributed by atoms with Gasteiger partial charge in [-0.05, 0) is 42.5 Å². The lowest BCUT2D eigenvalue weighted by Gasteiger charge is -2.38. The number of nitrogens with two attached hydrogens (primary N) is 1. The third-order valence-corrected chi connectivity index (χ3v) is 7.07. The zero-order valence-corrected chi connectivity index (χ0v) is 18.8. The second-order valence-electron chi connectivity index (χ2n) is 9.35. The van der Waals surface area contributed by atoms with Gasteiger partial charge >= 0.3 is 0 Å². The number of pyridine rings is 2. The van der Waals surface area contributed by atoms with E-state index in [-0.39, 0.29) is 11.5 Å². The Morgan fingerprint density at radius 1 is 0.970 bits per heavy atom. The van der Waals surface area contributed by atoms with Gasteiger partial charge in [0.05, 0.1) is 29.0 Å². The minimum absolute atomic E-state index is 0.157. The van der Waals surface area contributed by atoms with Gasteiger partial charge in [-0.2, -0.15) is 5.10 Å². The van der Waals surface area contributed by atoms with Gasteiger partial charge in [0.1, 0.15) is 0 Å². The number of hydrogen-bond acceptors (Lipinski definition) is 5. The molecule has 0 amide bonds. The Hall–Kier alpha value is -3.57. The highest BCUT2D eigenvalue weighted by Gasteiger charge is 2.34. The van der Waals surface area contributed by atoms with E-state index >= 15 is 0 Å². The molecule has 1 aliphatic carbocycles. The summed E-state index contributed by atoms with van der Waals surface area (Å²) in [6.07, 6.45) is 7.20. The van der Waals surface area contributed by atoms with E-state index in [2.05, 4.69) is 65.8 Å². The first-order chi connectivity index (χ1) is 16.1. The number of rotatable bonds is 4. The number of hydrogen-bond donors (Lipinski definition) is 1. The SMILES string of the molecule is CN1CC(c2cc3cc(-c4ccccc4)c(-c4ccc(C5(N)CCC5)cc4)nc3cn2)C=N1. The van der Waals surface area contributed by atoms with Crippen LogP contribution >= 0.6 is 0 Å². The van der Waals surface area contributed by atoms with Crippen molar-refractivity contribution in [1.29, 1.82) is 0 Å². The molecule has 4 aromatic rings. The molecule has 164 valence electrons. The first-order valence-electron chi connectivity index (χ1n) is 11.6. The van der Waals surface area contributed by atoms with Crippen LogP contribution < -0.4 is 5.73 Å². The normalized spacial score (nSPS) is 19.1. The van der Waals surface area contributed by atoms with E-state index in [1.165, 1.54) is 12.0 Å². The third kappa shape index (κ3) is 3.58. The molecule has 2 aromatic heterocycles. The fraction of sp³-hybridized carbons (Fsp3) is 0.250. The number of hydrazone groups is 1. The first-order valence-corrected chi connectivity index (χ1v) is 11.6. The van der Waals surface area contributed by atoms with Crippen molar-refractivity contribution >= 4 is 17.1 Å². The maximum atomic E-state index is 6.55. The molecule has 2 aromatic carbocycles. The molecule has 0 bridgehead atoms. The van der Waals surface area contributed by atoms with Crippen molar-refractivity contribution in [3.8, 4) is 22.4 Å². The Morgan fingerprint density at radius 3 is 2.42 bits per heavy atom. The van der Waals surface area contributed by atoms with Crippen molar-refractivity contribution in [2.75, 3.05) is 13.6 Å². The summed E-state index contributed by atoms with van der Waals surface area (Å²) in [6.45, 7) is 0.852. The minimum atomic E-state index is -0.157. The Labute approximate surface area is 194 Å². The lowest BCUT2D eigenvalue weighted by molar-refractivity contribution is 0.253. The van der Waals surface area contributed by atoms with Crippen molar-refractivity contribution < 1.29 is 0 Å². The summed E-state index contributed by atoms with van der Waals surface area (Å²) in [5.74, 6) is 0.210. The molecule has 1 fully saturated rings. The fourth-order valence-corrected chi connectivity index (χ4v) is 4.90. The number of aromatic nitrogens is 2. The number of likely N-dealkylation sites (N-methyl/N-ethyl adjacent to an activating group) is 1. The lowest BCUT2D eigenvalue weighted by Crippen LogP contribution is -2.43. The molecule has 3 heterocycles. The Bertz CT molecular complexity index is 1340. The number of benzene rings is 2. The summed E-state index contributed by atoms with van der Waals surface area (Å²) < 4.78 is 0. The number of nitrogens with zero attached hydrogens (tertiary/aromatic N) is 4. The molecule has 5 nitrogen and oxygen atoms in total. The summed E-state index contributed by atoms with van der Waals surface area (Å²) in [4.78, 5) is 9.82. The molecule has 33 heavy (non-hydrogen) atoms. The van der Waals surface area contributed by atoms with Crippen molar-refractivity contribution in [3.05, 3.63) is 84.2 Å². The zero-order valence-electron chi connectivity index (χ0n) is 18.8. The number of fused-ring (bicyclic) bond motifs is 1. The summed E-state index contributed by atoms with van der Waals surface area (Å²) >= 11 is 0. The van der Waals surface area contributed by atoms with Crippen LogP contribution in [-0.4, -0.2) is 34.8 Å². The molecule has 2 aliphatic rings. The van der Waals surface area contributed by atoms with Crippen LogP contribution in [0.3, 0.4) is 0 Å². The summed E-state index contributed by atoms with van der Waals surface area (Å²) in [5, 5.41) is 7.42. The molecular formula is C28H27N5. The Kier molecular flexibility index (Phi) is 4.73. The van der Waals surface area contributed by atoms with Crippen LogP contribution in [0, 0.1) is 0 Å². The highest BCUT2D eigenvalue weighted by molar-refractivity contribution is 5.91. The summed E-state index contributed by atoms with van der Waals surface area (Å²) in [5.41, 5.74) is 13.9. The maximum Gasteiger partial charge on any atom is 0.0893 e. The molecule has 6 rings (SSSR count). The third-order valence-electron chi connectivity index (χ3n) is 7.07. The molecule has 5 heteroatoms. The van der Waals surface area contributed by atoms with Crippen LogP contribution in [0.4, 0.5) is 0 Å². The molecule has 1 saturated carbocycles. The lowest BCUT2D eigenvalue weighted by atomic mass is 9.72. The van der Waals surface area contributed by atoms with Crippen molar-refractivity contribution in [3.63, 3.8) is 0 Å². The van der Waals surface area contributed by atoms with Crippen molar-refractivity contribution in [1.82, 2.24) is 15.0 Å². The molecule has 0 saturated heterocycles. The minimum Gasteiger partial charge on any atom is -0.321 e.